The highest BCUT2D eigenvalue weighted by Gasteiger charge is 2.63. The van der Waals surface area contributed by atoms with E-state index in [1.54, 1.807) is 0 Å². The van der Waals surface area contributed by atoms with Crippen molar-refractivity contribution in [1.82, 2.24) is 5.32 Å². The van der Waals surface area contributed by atoms with Crippen LogP contribution in [0.25, 0.3) is 0 Å². The molecule has 0 unspecified atom stereocenters. The molecule has 0 aromatic rings. The second-order valence-electron chi connectivity index (χ2n) is 12.2. The molecule has 4 fully saturated rings. The predicted molar refractivity (Wildman–Crippen MR) is 128 cm³/mol. The number of ketones is 2. The van der Waals surface area contributed by atoms with Crippen molar-refractivity contribution in [2.75, 3.05) is 12.3 Å². The van der Waals surface area contributed by atoms with Gasteiger partial charge in [0.05, 0.1) is 5.75 Å². The lowest BCUT2D eigenvalue weighted by Crippen LogP contribution is -2.57. The van der Waals surface area contributed by atoms with Gasteiger partial charge < -0.3 is 5.32 Å². The van der Waals surface area contributed by atoms with E-state index in [4.69, 9.17) is 4.55 Å². The number of amides is 1. The van der Waals surface area contributed by atoms with Crippen LogP contribution >= 0.6 is 0 Å². The summed E-state index contributed by atoms with van der Waals surface area (Å²) in [7, 11) is -4.07. The summed E-state index contributed by atoms with van der Waals surface area (Å²) < 4.78 is 30.5. The molecule has 4 aliphatic rings. The first-order valence-corrected chi connectivity index (χ1v) is 14.7. The van der Waals surface area contributed by atoms with E-state index < -0.39 is 15.9 Å². The zero-order valence-corrected chi connectivity index (χ0v) is 21.7. The molecular formula is C26H41NO6S. The summed E-state index contributed by atoms with van der Waals surface area (Å²) in [6, 6.07) is 0. The Kier molecular flexibility index (Phi) is 7.06. The van der Waals surface area contributed by atoms with Crippen LogP contribution in [0.15, 0.2) is 0 Å². The fourth-order valence-corrected chi connectivity index (χ4v) is 9.03. The van der Waals surface area contributed by atoms with Gasteiger partial charge in [0.2, 0.25) is 5.91 Å². The van der Waals surface area contributed by atoms with Crippen molar-refractivity contribution in [2.45, 2.75) is 85.0 Å². The molecule has 2 N–H and O–H groups in total. The third kappa shape index (κ3) is 4.73. The minimum atomic E-state index is -4.07. The Balaban J connectivity index is 1.40. The van der Waals surface area contributed by atoms with Crippen molar-refractivity contribution in [3.8, 4) is 0 Å². The zero-order chi connectivity index (χ0) is 24.9. The van der Waals surface area contributed by atoms with Crippen LogP contribution < -0.4 is 5.32 Å². The molecule has 0 saturated heterocycles. The maximum absolute atomic E-state index is 13.5. The Labute approximate surface area is 204 Å². The second-order valence-corrected chi connectivity index (χ2v) is 13.8. The SMILES string of the molecule is C[C@H](CCC(=O)NCCS(=O)(=O)O)[C@H]1CC[C@H]2[C@@H]3C(=O)C[C@@H]4CC(=O)CC[C@]4(C)[C@H]3CC[C@]12C. The van der Waals surface area contributed by atoms with Gasteiger partial charge >= 0.3 is 0 Å². The summed E-state index contributed by atoms with van der Waals surface area (Å²) in [4.78, 5) is 37.7. The molecule has 0 spiro atoms. The lowest BCUT2D eigenvalue weighted by Gasteiger charge is -2.59. The fourth-order valence-electron chi connectivity index (χ4n) is 8.67. The number of carbonyl (C=O) groups is 3. The van der Waals surface area contributed by atoms with Crippen LogP contribution in [0, 0.1) is 46.3 Å². The molecule has 0 aromatic carbocycles. The van der Waals surface area contributed by atoms with Crippen LogP contribution in [0.4, 0.5) is 0 Å². The smallest absolute Gasteiger partial charge is 0.266 e. The Morgan fingerprint density at radius 2 is 1.79 bits per heavy atom. The lowest BCUT2D eigenvalue weighted by atomic mass is 9.44. The number of nitrogens with one attached hydrogen (secondary N) is 1. The molecule has 8 atom stereocenters. The van der Waals surface area contributed by atoms with E-state index >= 15 is 0 Å². The standard InChI is InChI=1S/C26H41NO6S/c1-16(4-7-23(30)27-12-13-34(31,32)33)19-5-6-20-24-21(9-11-26(19,20)3)25(2)10-8-18(28)14-17(25)15-22(24)29/h16-17,19-21,24H,4-15H2,1-3H3,(H,27,30)(H,31,32,33)/t16-,17+,19-,20+,21+,24+,25+,26-/m1/s1. The van der Waals surface area contributed by atoms with Crippen LogP contribution in [-0.4, -0.2) is 42.7 Å². The van der Waals surface area contributed by atoms with E-state index in [2.05, 4.69) is 26.1 Å². The summed E-state index contributed by atoms with van der Waals surface area (Å²) in [6.45, 7) is 6.86. The van der Waals surface area contributed by atoms with Crippen LogP contribution in [0.2, 0.25) is 0 Å². The molecule has 8 heteroatoms. The van der Waals surface area contributed by atoms with Crippen molar-refractivity contribution in [2.24, 2.45) is 46.3 Å². The van der Waals surface area contributed by atoms with Crippen LogP contribution in [0.5, 0.6) is 0 Å². The Morgan fingerprint density at radius 1 is 1.09 bits per heavy atom. The second kappa shape index (κ2) is 9.30. The highest BCUT2D eigenvalue weighted by atomic mass is 32.2. The molecule has 0 heterocycles. The molecule has 4 saturated carbocycles. The van der Waals surface area contributed by atoms with Gasteiger partial charge in [-0.2, -0.15) is 8.42 Å². The normalized spacial score (nSPS) is 40.8. The van der Waals surface area contributed by atoms with Gasteiger partial charge in [-0.15, -0.1) is 0 Å². The van der Waals surface area contributed by atoms with Gasteiger partial charge in [0.25, 0.3) is 10.1 Å². The summed E-state index contributed by atoms with van der Waals surface area (Å²) in [5.74, 6) is 2.00. The number of hydrogen-bond donors (Lipinski definition) is 2. The molecule has 0 radical (unpaired) electrons. The molecular weight excluding hydrogens is 454 g/mol. The van der Waals surface area contributed by atoms with E-state index in [9.17, 15) is 22.8 Å². The molecule has 4 aliphatic carbocycles. The fraction of sp³-hybridized carbons (Fsp3) is 0.885. The van der Waals surface area contributed by atoms with E-state index in [1.807, 2.05) is 0 Å². The predicted octanol–water partition coefficient (Wildman–Crippen LogP) is 3.81. The third-order valence-corrected chi connectivity index (χ3v) is 11.3. The Bertz CT molecular complexity index is 947. The molecule has 0 aliphatic heterocycles. The first kappa shape index (κ1) is 25.8. The molecule has 1 amide bonds. The Morgan fingerprint density at radius 3 is 2.50 bits per heavy atom. The maximum atomic E-state index is 13.5. The van der Waals surface area contributed by atoms with Gasteiger partial charge in [0.1, 0.15) is 11.6 Å². The van der Waals surface area contributed by atoms with Crippen molar-refractivity contribution >= 4 is 27.6 Å². The van der Waals surface area contributed by atoms with Gasteiger partial charge in [-0.3, -0.25) is 18.9 Å². The highest BCUT2D eigenvalue weighted by molar-refractivity contribution is 7.85. The van der Waals surface area contributed by atoms with Crippen molar-refractivity contribution in [1.29, 1.82) is 0 Å². The number of carbonyl (C=O) groups excluding carboxylic acids is 3. The summed E-state index contributed by atoms with van der Waals surface area (Å²) in [5.41, 5.74) is 0.211. The summed E-state index contributed by atoms with van der Waals surface area (Å²) in [5, 5.41) is 2.58. The maximum Gasteiger partial charge on any atom is 0.266 e. The third-order valence-electron chi connectivity index (χ3n) is 10.6. The van der Waals surface area contributed by atoms with Crippen molar-refractivity contribution in [3.05, 3.63) is 0 Å². The Hall–Kier alpha value is -1.28. The average molecular weight is 496 g/mol. The number of rotatable bonds is 7. The zero-order valence-electron chi connectivity index (χ0n) is 20.8. The van der Waals surface area contributed by atoms with Crippen LogP contribution in [0.1, 0.15) is 85.0 Å². The average Bonchev–Trinajstić information content (AvgIpc) is 3.09. The van der Waals surface area contributed by atoms with Gasteiger partial charge in [-0.1, -0.05) is 20.8 Å². The minimum Gasteiger partial charge on any atom is -0.355 e. The quantitative estimate of drug-likeness (QED) is 0.519. The number of fused-ring (bicyclic) bond motifs is 5. The summed E-state index contributed by atoms with van der Waals surface area (Å²) >= 11 is 0. The molecule has 34 heavy (non-hydrogen) atoms. The first-order valence-electron chi connectivity index (χ1n) is 13.1. The van der Waals surface area contributed by atoms with Gasteiger partial charge in [0, 0.05) is 38.1 Å². The lowest BCUT2D eigenvalue weighted by molar-refractivity contribution is -0.159. The molecule has 7 nitrogen and oxygen atoms in total. The van der Waals surface area contributed by atoms with Gasteiger partial charge in [0.15, 0.2) is 0 Å². The largest absolute Gasteiger partial charge is 0.355 e. The monoisotopic (exact) mass is 495 g/mol. The van der Waals surface area contributed by atoms with Crippen LogP contribution in [-0.2, 0) is 24.5 Å². The first-order chi connectivity index (χ1) is 15.8. The van der Waals surface area contributed by atoms with E-state index in [-0.39, 0.29) is 35.1 Å². The van der Waals surface area contributed by atoms with E-state index in [1.165, 1.54) is 0 Å². The van der Waals surface area contributed by atoms with Crippen LogP contribution in [0.3, 0.4) is 0 Å². The molecule has 0 aromatic heterocycles. The van der Waals surface area contributed by atoms with E-state index in [0.717, 1.165) is 38.5 Å². The number of Topliss-reactive ketones (excluding diaryl/α,β-unsaturated/α-hetero) is 2. The van der Waals surface area contributed by atoms with Crippen molar-refractivity contribution < 1.29 is 27.4 Å². The van der Waals surface area contributed by atoms with E-state index in [0.29, 0.717) is 60.9 Å². The van der Waals surface area contributed by atoms with Crippen molar-refractivity contribution in [3.63, 3.8) is 0 Å². The summed E-state index contributed by atoms with van der Waals surface area (Å²) in [6.07, 6.45) is 8.14. The molecule has 192 valence electrons. The minimum absolute atomic E-state index is 0.0776. The molecule has 0 bridgehead atoms. The topological polar surface area (TPSA) is 118 Å². The highest BCUT2D eigenvalue weighted by Crippen LogP contribution is 2.67. The molecule has 4 rings (SSSR count). The number of hydrogen-bond acceptors (Lipinski definition) is 5. The van der Waals surface area contributed by atoms with Gasteiger partial charge in [-0.25, -0.2) is 0 Å². The van der Waals surface area contributed by atoms with Gasteiger partial charge in [-0.05, 0) is 78.9 Å².